The van der Waals surface area contributed by atoms with Gasteiger partial charge in [0.15, 0.2) is 0 Å². The maximum atomic E-state index is 13.1. The monoisotopic (exact) mass is 399 g/mol. The summed E-state index contributed by atoms with van der Waals surface area (Å²) in [7, 11) is 1.59. The summed E-state index contributed by atoms with van der Waals surface area (Å²) in [5.74, 6) is -0.0862. The van der Waals surface area contributed by atoms with Crippen molar-refractivity contribution in [1.82, 2.24) is 14.4 Å². The molecule has 2 amide bonds. The molecular formula is C23H33N3O3. The topological polar surface area (TPSA) is 54.8 Å². The predicted molar refractivity (Wildman–Crippen MR) is 114 cm³/mol. The molecular weight excluding hydrogens is 366 g/mol. The number of methoxy groups -OCH3 is 1. The maximum Gasteiger partial charge on any atom is 0.242 e. The van der Waals surface area contributed by atoms with Crippen molar-refractivity contribution in [3.05, 3.63) is 59.9 Å². The summed E-state index contributed by atoms with van der Waals surface area (Å²) < 4.78 is 7.26. The summed E-state index contributed by atoms with van der Waals surface area (Å²) in [4.78, 5) is 28.7. The molecule has 2 aromatic rings. The number of nitrogens with zero attached hydrogens (tertiary/aromatic N) is 3. The van der Waals surface area contributed by atoms with E-state index < -0.39 is 0 Å². The largest absolute Gasteiger partial charge is 0.383 e. The molecule has 1 heterocycles. The van der Waals surface area contributed by atoms with Crippen molar-refractivity contribution >= 4 is 11.8 Å². The molecule has 2 rings (SSSR count). The van der Waals surface area contributed by atoms with Crippen LogP contribution in [-0.4, -0.2) is 59.0 Å². The summed E-state index contributed by atoms with van der Waals surface area (Å²) in [6.45, 7) is 8.00. The number of rotatable bonds is 11. The van der Waals surface area contributed by atoms with E-state index in [1.165, 1.54) is 5.56 Å². The molecule has 0 aliphatic heterocycles. The van der Waals surface area contributed by atoms with Crippen molar-refractivity contribution in [3.8, 4) is 0 Å². The van der Waals surface area contributed by atoms with Crippen LogP contribution in [0.2, 0.25) is 0 Å². The number of hydrogen-bond acceptors (Lipinski definition) is 3. The molecule has 0 radical (unpaired) electrons. The van der Waals surface area contributed by atoms with Crippen LogP contribution in [0.15, 0.2) is 48.7 Å². The number of amides is 2. The highest BCUT2D eigenvalue weighted by molar-refractivity contribution is 5.84. The molecule has 1 aromatic carbocycles. The first kappa shape index (κ1) is 22.7. The minimum absolute atomic E-state index is 0.0311. The molecule has 6 heteroatoms. The highest BCUT2D eigenvalue weighted by Crippen LogP contribution is 2.13. The van der Waals surface area contributed by atoms with Gasteiger partial charge in [-0.15, -0.1) is 0 Å². The zero-order valence-corrected chi connectivity index (χ0v) is 18.0. The Hall–Kier alpha value is -2.60. The number of carbonyl (C=O) groups is 2. The average molecular weight is 400 g/mol. The molecule has 0 spiro atoms. The van der Waals surface area contributed by atoms with Gasteiger partial charge in [0.2, 0.25) is 11.8 Å². The fraction of sp³-hybridized carbons (Fsp3) is 0.478. The molecule has 0 saturated heterocycles. The lowest BCUT2D eigenvalue weighted by Crippen LogP contribution is -2.46. The van der Waals surface area contributed by atoms with Crippen molar-refractivity contribution in [2.24, 2.45) is 0 Å². The van der Waals surface area contributed by atoms with Crippen molar-refractivity contribution in [3.63, 3.8) is 0 Å². The summed E-state index contributed by atoms with van der Waals surface area (Å²) >= 11 is 0. The van der Waals surface area contributed by atoms with Gasteiger partial charge in [-0.1, -0.05) is 37.3 Å². The third-order valence-electron chi connectivity index (χ3n) is 4.94. The number of ether oxygens (including phenoxy) is 1. The van der Waals surface area contributed by atoms with Crippen molar-refractivity contribution in [1.29, 1.82) is 0 Å². The minimum atomic E-state index is -0.0506. The lowest BCUT2D eigenvalue weighted by molar-refractivity contribution is -0.142. The normalized spacial score (nSPS) is 10.9. The van der Waals surface area contributed by atoms with Gasteiger partial charge in [-0.25, -0.2) is 0 Å². The van der Waals surface area contributed by atoms with E-state index in [1.54, 1.807) is 12.0 Å². The molecule has 0 aliphatic carbocycles. The highest BCUT2D eigenvalue weighted by Gasteiger charge is 2.23. The van der Waals surface area contributed by atoms with Crippen molar-refractivity contribution in [2.45, 2.75) is 46.3 Å². The Morgan fingerprint density at radius 2 is 1.79 bits per heavy atom. The van der Waals surface area contributed by atoms with Gasteiger partial charge in [-0.05, 0) is 31.5 Å². The van der Waals surface area contributed by atoms with Gasteiger partial charge in [-0.3, -0.25) is 9.59 Å². The van der Waals surface area contributed by atoms with E-state index in [9.17, 15) is 9.59 Å². The van der Waals surface area contributed by atoms with Gasteiger partial charge < -0.3 is 19.1 Å². The van der Waals surface area contributed by atoms with Crippen LogP contribution < -0.4 is 0 Å². The van der Waals surface area contributed by atoms with Gasteiger partial charge in [0, 0.05) is 44.6 Å². The SMILES string of the molecule is CCC(=O)N(CCOC)CC(=O)N(Cc1cccn1Cc1ccccc1)C(C)C. The first-order valence-electron chi connectivity index (χ1n) is 10.2. The number of carbonyl (C=O) groups excluding carboxylic acids is 2. The van der Waals surface area contributed by atoms with Crippen molar-refractivity contribution < 1.29 is 14.3 Å². The summed E-state index contributed by atoms with van der Waals surface area (Å²) in [6.07, 6.45) is 2.41. The summed E-state index contributed by atoms with van der Waals surface area (Å²) in [5, 5.41) is 0. The summed E-state index contributed by atoms with van der Waals surface area (Å²) in [6, 6.07) is 14.3. The van der Waals surface area contributed by atoms with E-state index >= 15 is 0 Å². The van der Waals surface area contributed by atoms with Gasteiger partial charge in [0.25, 0.3) is 0 Å². The van der Waals surface area contributed by atoms with E-state index in [0.29, 0.717) is 26.1 Å². The van der Waals surface area contributed by atoms with E-state index in [0.717, 1.165) is 12.2 Å². The van der Waals surface area contributed by atoms with Crippen LogP contribution in [-0.2, 0) is 27.4 Å². The van der Waals surface area contributed by atoms with Crippen LogP contribution in [0.5, 0.6) is 0 Å². The predicted octanol–water partition coefficient (Wildman–Crippen LogP) is 3.16. The Balaban J connectivity index is 2.11. The lowest BCUT2D eigenvalue weighted by Gasteiger charge is -2.30. The maximum absolute atomic E-state index is 13.1. The third kappa shape index (κ3) is 6.75. The van der Waals surface area contributed by atoms with Crippen LogP contribution in [0.4, 0.5) is 0 Å². The second-order valence-corrected chi connectivity index (χ2v) is 7.39. The Kier molecular flexibility index (Phi) is 8.93. The van der Waals surface area contributed by atoms with Crippen LogP contribution >= 0.6 is 0 Å². The quantitative estimate of drug-likeness (QED) is 0.583. The zero-order valence-electron chi connectivity index (χ0n) is 18.0. The first-order chi connectivity index (χ1) is 14.0. The zero-order chi connectivity index (χ0) is 21.2. The molecule has 0 atom stereocenters. The van der Waals surface area contributed by atoms with Gasteiger partial charge >= 0.3 is 0 Å². The third-order valence-corrected chi connectivity index (χ3v) is 4.94. The summed E-state index contributed by atoms with van der Waals surface area (Å²) in [5.41, 5.74) is 2.29. The molecule has 0 aliphatic rings. The van der Waals surface area contributed by atoms with E-state index in [2.05, 4.69) is 16.7 Å². The molecule has 29 heavy (non-hydrogen) atoms. The van der Waals surface area contributed by atoms with Crippen LogP contribution in [0.3, 0.4) is 0 Å². The molecule has 0 bridgehead atoms. The molecule has 0 saturated carbocycles. The molecule has 1 aromatic heterocycles. The van der Waals surface area contributed by atoms with E-state index in [4.69, 9.17) is 4.74 Å². The van der Waals surface area contributed by atoms with Crippen molar-refractivity contribution in [2.75, 3.05) is 26.8 Å². The Bertz CT molecular complexity index is 771. The molecule has 6 nitrogen and oxygen atoms in total. The molecule has 0 fully saturated rings. The number of aromatic nitrogens is 1. The first-order valence-corrected chi connectivity index (χ1v) is 10.2. The molecule has 0 N–H and O–H groups in total. The smallest absolute Gasteiger partial charge is 0.242 e. The molecule has 0 unspecified atom stereocenters. The van der Waals surface area contributed by atoms with Gasteiger partial charge in [-0.2, -0.15) is 0 Å². The average Bonchev–Trinajstić information content (AvgIpc) is 3.15. The fourth-order valence-corrected chi connectivity index (χ4v) is 3.23. The molecule has 158 valence electrons. The fourth-order valence-electron chi connectivity index (χ4n) is 3.23. The lowest BCUT2D eigenvalue weighted by atomic mass is 10.2. The highest BCUT2D eigenvalue weighted by atomic mass is 16.5. The Morgan fingerprint density at radius 1 is 1.07 bits per heavy atom. The van der Waals surface area contributed by atoms with Crippen LogP contribution in [0.1, 0.15) is 38.4 Å². The number of hydrogen-bond donors (Lipinski definition) is 0. The second-order valence-electron chi connectivity index (χ2n) is 7.39. The Morgan fingerprint density at radius 3 is 2.41 bits per heavy atom. The van der Waals surface area contributed by atoms with E-state index in [-0.39, 0.29) is 24.4 Å². The Labute approximate surface area is 174 Å². The minimum Gasteiger partial charge on any atom is -0.383 e. The van der Waals surface area contributed by atoms with E-state index in [1.807, 2.05) is 62.2 Å². The van der Waals surface area contributed by atoms with Crippen LogP contribution in [0.25, 0.3) is 0 Å². The number of benzene rings is 1. The standard InChI is InChI=1S/C23H33N3O3/c1-5-22(27)25(14-15-29-4)18-23(28)26(19(2)3)17-21-12-9-13-24(21)16-20-10-7-6-8-11-20/h6-13,19H,5,14-18H2,1-4H3. The van der Waals surface area contributed by atoms with Crippen LogP contribution in [0, 0.1) is 0 Å². The van der Waals surface area contributed by atoms with Gasteiger partial charge in [0.05, 0.1) is 19.7 Å². The second kappa shape index (κ2) is 11.4. The van der Waals surface area contributed by atoms with Gasteiger partial charge in [0.1, 0.15) is 0 Å².